The molecule has 1 heterocycles. The van der Waals surface area contributed by atoms with Crippen LogP contribution in [0.3, 0.4) is 0 Å². The molecule has 1 aliphatic rings. The molecule has 118 valence electrons. The van der Waals surface area contributed by atoms with Gasteiger partial charge < -0.3 is 10.4 Å². The van der Waals surface area contributed by atoms with Gasteiger partial charge >= 0.3 is 0 Å². The van der Waals surface area contributed by atoms with Gasteiger partial charge in [-0.3, -0.25) is 4.90 Å². The summed E-state index contributed by atoms with van der Waals surface area (Å²) >= 11 is 4.28. The molecule has 1 aliphatic heterocycles. The van der Waals surface area contributed by atoms with Crippen LogP contribution in [0, 0.1) is 18.5 Å². The molecular weight excluding hydrogens is 539 g/mol. The summed E-state index contributed by atoms with van der Waals surface area (Å²) in [7, 11) is 0. The van der Waals surface area contributed by atoms with E-state index in [4.69, 9.17) is 5.26 Å². The third-order valence-electron chi connectivity index (χ3n) is 3.30. The molecule has 1 aromatic rings. The maximum absolute atomic E-state index is 9.85. The van der Waals surface area contributed by atoms with Gasteiger partial charge in [-0.05, 0) is 62.9 Å². The predicted octanol–water partition coefficient (Wildman–Crippen LogP) is 3.30. The van der Waals surface area contributed by atoms with Crippen LogP contribution in [-0.2, 0) is 0 Å². The number of phenols is 1. The molecule has 0 bridgehead atoms. The number of nitriles is 1. The minimum Gasteiger partial charge on any atom is -0.506 e. The number of piperazine rings is 1. The summed E-state index contributed by atoms with van der Waals surface area (Å²) in [4.78, 5) is 2.35. The molecular formula is C13H17Cl2I2N3O. The normalized spacial score (nSPS) is 16.2. The third-order valence-corrected chi connectivity index (χ3v) is 4.95. The number of hydrogen-bond donors (Lipinski definition) is 2. The molecule has 0 spiro atoms. The fourth-order valence-corrected chi connectivity index (χ4v) is 4.13. The first-order valence-electron chi connectivity index (χ1n) is 6.13. The summed E-state index contributed by atoms with van der Waals surface area (Å²) in [5, 5.41) is 22.3. The first-order valence-corrected chi connectivity index (χ1v) is 8.29. The maximum atomic E-state index is 9.85. The van der Waals surface area contributed by atoms with Gasteiger partial charge in [-0.2, -0.15) is 5.26 Å². The Balaban J connectivity index is 0.00000200. The van der Waals surface area contributed by atoms with E-state index in [2.05, 4.69) is 61.5 Å². The maximum Gasteiger partial charge on any atom is 0.142 e. The molecule has 4 nitrogen and oxygen atoms in total. The van der Waals surface area contributed by atoms with Gasteiger partial charge in [-0.15, -0.1) is 24.8 Å². The van der Waals surface area contributed by atoms with Crippen LogP contribution in [0.4, 0.5) is 0 Å². The van der Waals surface area contributed by atoms with E-state index in [1.54, 1.807) is 0 Å². The zero-order valence-corrected chi connectivity index (χ0v) is 17.1. The highest BCUT2D eigenvalue weighted by atomic mass is 127. The van der Waals surface area contributed by atoms with Crippen molar-refractivity contribution in [2.45, 2.75) is 12.5 Å². The number of nitrogens with zero attached hydrogens (tertiary/aromatic N) is 2. The Bertz CT molecular complexity index is 482. The van der Waals surface area contributed by atoms with Crippen molar-refractivity contribution >= 4 is 70.0 Å². The summed E-state index contributed by atoms with van der Waals surface area (Å²) in [6.07, 6.45) is 0.483. The van der Waals surface area contributed by atoms with Crippen molar-refractivity contribution in [1.82, 2.24) is 10.2 Å². The van der Waals surface area contributed by atoms with E-state index >= 15 is 0 Å². The summed E-state index contributed by atoms with van der Waals surface area (Å²) < 4.78 is 1.69. The fourth-order valence-electron chi connectivity index (χ4n) is 2.32. The van der Waals surface area contributed by atoms with Crippen molar-refractivity contribution in [3.8, 4) is 11.8 Å². The molecule has 0 saturated carbocycles. The number of benzene rings is 1. The second kappa shape index (κ2) is 10.3. The lowest BCUT2D eigenvalue weighted by molar-refractivity contribution is 0.175. The minimum atomic E-state index is 0. The van der Waals surface area contributed by atoms with Gasteiger partial charge in [-0.25, -0.2) is 0 Å². The Morgan fingerprint density at radius 3 is 2.24 bits per heavy atom. The SMILES string of the molecule is Cl.Cl.N#CC[C@H](c1cc(I)c(O)c(I)c1)N1CCNCC1. The highest BCUT2D eigenvalue weighted by molar-refractivity contribution is 14.1. The molecule has 1 aromatic carbocycles. The van der Waals surface area contributed by atoms with Crippen molar-refractivity contribution in [3.63, 3.8) is 0 Å². The van der Waals surface area contributed by atoms with Gasteiger partial charge in [0.05, 0.1) is 19.6 Å². The molecule has 21 heavy (non-hydrogen) atoms. The van der Waals surface area contributed by atoms with E-state index in [9.17, 15) is 5.11 Å². The highest BCUT2D eigenvalue weighted by Crippen LogP contribution is 2.33. The average Bonchev–Trinajstić information content (AvgIpc) is 2.42. The van der Waals surface area contributed by atoms with E-state index in [0.29, 0.717) is 12.2 Å². The summed E-state index contributed by atoms with van der Waals surface area (Å²) in [6, 6.07) is 6.38. The van der Waals surface area contributed by atoms with E-state index in [1.165, 1.54) is 0 Å². The van der Waals surface area contributed by atoms with E-state index in [1.807, 2.05) is 12.1 Å². The second-order valence-corrected chi connectivity index (χ2v) is 6.82. The van der Waals surface area contributed by atoms with Crippen LogP contribution in [0.1, 0.15) is 18.0 Å². The van der Waals surface area contributed by atoms with Crippen LogP contribution in [0.5, 0.6) is 5.75 Å². The molecule has 1 atom stereocenters. The molecule has 1 saturated heterocycles. The molecule has 1 fully saturated rings. The topological polar surface area (TPSA) is 59.3 Å². The van der Waals surface area contributed by atoms with Gasteiger partial charge in [0.1, 0.15) is 5.75 Å². The van der Waals surface area contributed by atoms with Crippen LogP contribution < -0.4 is 5.32 Å². The van der Waals surface area contributed by atoms with Crippen LogP contribution >= 0.6 is 70.0 Å². The van der Waals surface area contributed by atoms with Gasteiger partial charge in [0, 0.05) is 32.2 Å². The highest BCUT2D eigenvalue weighted by Gasteiger charge is 2.23. The molecule has 0 unspecified atom stereocenters. The quantitative estimate of drug-likeness (QED) is 0.562. The number of phenolic OH excluding ortho intramolecular Hbond substituents is 1. The van der Waals surface area contributed by atoms with Gasteiger partial charge in [-0.1, -0.05) is 0 Å². The lowest BCUT2D eigenvalue weighted by Crippen LogP contribution is -2.45. The molecule has 0 aromatic heterocycles. The van der Waals surface area contributed by atoms with Crippen molar-refractivity contribution in [1.29, 1.82) is 5.26 Å². The Morgan fingerprint density at radius 1 is 1.24 bits per heavy atom. The number of aromatic hydroxyl groups is 1. The lowest BCUT2D eigenvalue weighted by Gasteiger charge is -2.34. The van der Waals surface area contributed by atoms with Crippen molar-refractivity contribution in [2.75, 3.05) is 26.2 Å². The Hall–Kier alpha value is 0.470. The summed E-state index contributed by atoms with van der Waals surface area (Å²) in [6.45, 7) is 3.85. The van der Waals surface area contributed by atoms with Gasteiger partial charge in [0.15, 0.2) is 0 Å². The Morgan fingerprint density at radius 2 is 1.76 bits per heavy atom. The number of hydrogen-bond acceptors (Lipinski definition) is 4. The van der Waals surface area contributed by atoms with E-state index in [-0.39, 0.29) is 30.9 Å². The van der Waals surface area contributed by atoms with Crippen molar-refractivity contribution in [3.05, 3.63) is 24.8 Å². The first kappa shape index (κ1) is 21.5. The Labute approximate surface area is 164 Å². The predicted molar refractivity (Wildman–Crippen MR) is 105 cm³/mol. The molecule has 0 aliphatic carbocycles. The van der Waals surface area contributed by atoms with E-state index < -0.39 is 0 Å². The van der Waals surface area contributed by atoms with Crippen LogP contribution in [0.25, 0.3) is 0 Å². The lowest BCUT2D eigenvalue weighted by atomic mass is 10.0. The zero-order chi connectivity index (χ0) is 13.8. The minimum absolute atomic E-state index is 0. The standard InChI is InChI=1S/C13H15I2N3O.2ClH/c14-10-7-9(8-11(15)13(10)19)12(1-2-16)18-5-3-17-4-6-18;;/h7-8,12,17,19H,1,3-6H2;2*1H/t12-;;/m1../s1. The molecule has 2 N–H and O–H groups in total. The Kier molecular flexibility index (Phi) is 10.5. The van der Waals surface area contributed by atoms with Crippen LogP contribution in [-0.4, -0.2) is 36.2 Å². The van der Waals surface area contributed by atoms with Gasteiger partial charge in [0.25, 0.3) is 0 Å². The van der Waals surface area contributed by atoms with Crippen molar-refractivity contribution in [2.24, 2.45) is 0 Å². The molecule has 8 heteroatoms. The summed E-state index contributed by atoms with van der Waals surface area (Å²) in [5.41, 5.74) is 1.12. The monoisotopic (exact) mass is 555 g/mol. The summed E-state index contributed by atoms with van der Waals surface area (Å²) in [5.74, 6) is 0.334. The third kappa shape index (κ3) is 5.55. The second-order valence-electron chi connectivity index (χ2n) is 4.50. The van der Waals surface area contributed by atoms with Crippen molar-refractivity contribution < 1.29 is 5.11 Å². The van der Waals surface area contributed by atoms with Gasteiger partial charge in [0.2, 0.25) is 0 Å². The first-order chi connectivity index (χ1) is 9.13. The zero-order valence-electron chi connectivity index (χ0n) is 11.2. The molecule has 0 radical (unpaired) electrons. The van der Waals surface area contributed by atoms with E-state index in [0.717, 1.165) is 38.9 Å². The smallest absolute Gasteiger partial charge is 0.142 e. The molecule has 0 amide bonds. The fraction of sp³-hybridized carbons (Fsp3) is 0.462. The van der Waals surface area contributed by atoms with Crippen LogP contribution in [0.2, 0.25) is 0 Å². The number of halogens is 4. The molecule has 2 rings (SSSR count). The van der Waals surface area contributed by atoms with Crippen LogP contribution in [0.15, 0.2) is 12.1 Å². The number of nitrogens with one attached hydrogen (secondary N) is 1. The largest absolute Gasteiger partial charge is 0.506 e. The number of rotatable bonds is 3. The average molecular weight is 556 g/mol.